The summed E-state index contributed by atoms with van der Waals surface area (Å²) in [4.78, 5) is 1.65. The van der Waals surface area contributed by atoms with Crippen molar-refractivity contribution < 1.29 is 10.2 Å². The van der Waals surface area contributed by atoms with Crippen molar-refractivity contribution in [1.82, 2.24) is 9.61 Å². The van der Waals surface area contributed by atoms with E-state index in [-0.39, 0.29) is 6.61 Å². The van der Waals surface area contributed by atoms with Crippen LogP contribution < -0.4 is 10.6 Å². The van der Waals surface area contributed by atoms with Gasteiger partial charge in [-0.15, -0.1) is 0 Å². The van der Waals surface area contributed by atoms with Crippen molar-refractivity contribution in [2.45, 2.75) is 13.2 Å². The summed E-state index contributed by atoms with van der Waals surface area (Å²) in [6.45, 7) is 1.93. The third kappa shape index (κ3) is 2.04. The highest BCUT2D eigenvalue weighted by Gasteiger charge is 2.15. The molecule has 1 atom stereocenters. The molecule has 2 aromatic rings. The minimum atomic E-state index is -0.710. The van der Waals surface area contributed by atoms with E-state index in [4.69, 9.17) is 10.8 Å². The van der Waals surface area contributed by atoms with Crippen molar-refractivity contribution >= 4 is 17.0 Å². The van der Waals surface area contributed by atoms with E-state index in [9.17, 15) is 5.11 Å². The van der Waals surface area contributed by atoms with Crippen molar-refractivity contribution in [3.05, 3.63) is 24.4 Å². The number of aliphatic hydroxyl groups excluding tert-OH is 2. The Bertz CT molecular complexity index is 509. The quantitative estimate of drug-likeness (QED) is 0.653. The van der Waals surface area contributed by atoms with Crippen LogP contribution in [0, 0.1) is 0 Å². The molecule has 0 aliphatic heterocycles. The second-order valence-electron chi connectivity index (χ2n) is 3.83. The van der Waals surface area contributed by atoms with Crippen LogP contribution in [0.1, 0.15) is 6.92 Å². The first kappa shape index (κ1) is 11.7. The molecule has 92 valence electrons. The second-order valence-corrected chi connectivity index (χ2v) is 3.83. The molecule has 6 heteroatoms. The summed E-state index contributed by atoms with van der Waals surface area (Å²) in [7, 11) is 0. The monoisotopic (exact) mass is 236 g/mol. The number of aliphatic hydroxyl groups is 2. The van der Waals surface area contributed by atoms with Gasteiger partial charge in [0.15, 0.2) is 0 Å². The van der Waals surface area contributed by atoms with Crippen LogP contribution >= 0.6 is 0 Å². The molecule has 0 radical (unpaired) electrons. The minimum absolute atomic E-state index is 0.0436. The SMILES string of the molecule is CC(O)N(CCO)c1cccc2c(N)cnn12. The molecule has 1 unspecified atom stereocenters. The van der Waals surface area contributed by atoms with Crippen LogP contribution in [0.5, 0.6) is 0 Å². The van der Waals surface area contributed by atoms with E-state index >= 15 is 0 Å². The summed E-state index contributed by atoms with van der Waals surface area (Å²) in [6.07, 6.45) is 0.857. The van der Waals surface area contributed by atoms with E-state index in [0.29, 0.717) is 18.1 Å². The van der Waals surface area contributed by atoms with Crippen molar-refractivity contribution in [3.63, 3.8) is 0 Å². The molecule has 0 aromatic carbocycles. The Morgan fingerprint density at radius 3 is 2.94 bits per heavy atom. The van der Waals surface area contributed by atoms with E-state index in [1.54, 1.807) is 22.5 Å². The van der Waals surface area contributed by atoms with Crippen LogP contribution in [0.25, 0.3) is 5.52 Å². The number of nitrogens with two attached hydrogens (primary N) is 1. The van der Waals surface area contributed by atoms with Crippen molar-refractivity contribution in [1.29, 1.82) is 0 Å². The van der Waals surface area contributed by atoms with Crippen molar-refractivity contribution in [2.75, 3.05) is 23.8 Å². The maximum Gasteiger partial charge on any atom is 0.132 e. The number of hydrogen-bond donors (Lipinski definition) is 3. The highest BCUT2D eigenvalue weighted by Crippen LogP contribution is 2.21. The maximum absolute atomic E-state index is 9.71. The number of nitrogens with zero attached hydrogens (tertiary/aromatic N) is 3. The zero-order valence-corrected chi connectivity index (χ0v) is 9.61. The molecule has 0 aliphatic rings. The first-order chi connectivity index (χ1) is 8.15. The molecule has 4 N–H and O–H groups in total. The Morgan fingerprint density at radius 2 is 2.29 bits per heavy atom. The first-order valence-electron chi connectivity index (χ1n) is 5.43. The minimum Gasteiger partial charge on any atom is -0.396 e. The van der Waals surface area contributed by atoms with Gasteiger partial charge in [0.1, 0.15) is 12.0 Å². The molecular weight excluding hydrogens is 220 g/mol. The van der Waals surface area contributed by atoms with E-state index in [2.05, 4.69) is 5.10 Å². The van der Waals surface area contributed by atoms with E-state index in [1.165, 1.54) is 0 Å². The van der Waals surface area contributed by atoms with Crippen LogP contribution in [0.4, 0.5) is 11.5 Å². The molecule has 0 bridgehead atoms. The number of nitrogen functional groups attached to an aromatic ring is 1. The fourth-order valence-corrected chi connectivity index (χ4v) is 1.83. The third-order valence-electron chi connectivity index (χ3n) is 2.64. The van der Waals surface area contributed by atoms with Gasteiger partial charge in [-0.05, 0) is 19.1 Å². The van der Waals surface area contributed by atoms with E-state index in [1.807, 2.05) is 18.2 Å². The van der Waals surface area contributed by atoms with Crippen molar-refractivity contribution in [3.8, 4) is 0 Å². The predicted octanol–water partition coefficient (Wildman–Crippen LogP) is 0.0535. The van der Waals surface area contributed by atoms with Crippen LogP contribution in [0.15, 0.2) is 24.4 Å². The van der Waals surface area contributed by atoms with Gasteiger partial charge in [-0.1, -0.05) is 6.07 Å². The average Bonchev–Trinajstić information content (AvgIpc) is 2.68. The molecule has 2 heterocycles. The Kier molecular flexibility index (Phi) is 3.16. The highest BCUT2D eigenvalue weighted by molar-refractivity contribution is 5.71. The summed E-state index contributed by atoms with van der Waals surface area (Å²) in [5.74, 6) is 0.697. The Labute approximate surface area is 98.9 Å². The van der Waals surface area contributed by atoms with Crippen LogP contribution in [-0.2, 0) is 0 Å². The van der Waals surface area contributed by atoms with Crippen LogP contribution in [-0.4, -0.2) is 39.2 Å². The number of pyridine rings is 1. The van der Waals surface area contributed by atoms with E-state index in [0.717, 1.165) is 5.52 Å². The Morgan fingerprint density at radius 1 is 1.53 bits per heavy atom. The molecule has 0 spiro atoms. The van der Waals surface area contributed by atoms with Gasteiger partial charge in [0, 0.05) is 6.54 Å². The molecule has 0 amide bonds. The topological polar surface area (TPSA) is 87.0 Å². The number of anilines is 2. The maximum atomic E-state index is 9.71. The van der Waals surface area contributed by atoms with Crippen molar-refractivity contribution in [2.24, 2.45) is 0 Å². The second kappa shape index (κ2) is 4.60. The number of fused-ring (bicyclic) bond motifs is 1. The summed E-state index contributed by atoms with van der Waals surface area (Å²) in [5, 5.41) is 22.9. The number of rotatable bonds is 4. The Balaban J connectivity index is 2.52. The zero-order valence-electron chi connectivity index (χ0n) is 9.61. The third-order valence-corrected chi connectivity index (χ3v) is 2.64. The molecule has 2 aromatic heterocycles. The molecule has 0 fully saturated rings. The smallest absolute Gasteiger partial charge is 0.132 e. The largest absolute Gasteiger partial charge is 0.396 e. The van der Waals surface area contributed by atoms with Crippen LogP contribution in [0.3, 0.4) is 0 Å². The van der Waals surface area contributed by atoms with Crippen LogP contribution in [0.2, 0.25) is 0 Å². The number of hydrogen-bond acceptors (Lipinski definition) is 5. The fourth-order valence-electron chi connectivity index (χ4n) is 1.83. The van der Waals surface area contributed by atoms with Gasteiger partial charge in [-0.3, -0.25) is 0 Å². The fraction of sp³-hybridized carbons (Fsp3) is 0.364. The highest BCUT2D eigenvalue weighted by atomic mass is 16.3. The summed E-state index contributed by atoms with van der Waals surface area (Å²) in [6, 6.07) is 5.52. The van der Waals surface area contributed by atoms with Gasteiger partial charge in [-0.2, -0.15) is 5.10 Å². The molecule has 6 nitrogen and oxygen atoms in total. The summed E-state index contributed by atoms with van der Waals surface area (Å²) >= 11 is 0. The molecule has 0 aliphatic carbocycles. The summed E-state index contributed by atoms with van der Waals surface area (Å²) in [5.41, 5.74) is 7.15. The van der Waals surface area contributed by atoms with Gasteiger partial charge in [0.05, 0.1) is 24.0 Å². The first-order valence-corrected chi connectivity index (χ1v) is 5.43. The van der Waals surface area contributed by atoms with Gasteiger partial charge in [0.2, 0.25) is 0 Å². The molecule has 17 heavy (non-hydrogen) atoms. The van der Waals surface area contributed by atoms with Gasteiger partial charge in [-0.25, -0.2) is 4.52 Å². The van der Waals surface area contributed by atoms with Gasteiger partial charge in [0.25, 0.3) is 0 Å². The van der Waals surface area contributed by atoms with Gasteiger partial charge < -0.3 is 20.8 Å². The lowest BCUT2D eigenvalue weighted by Gasteiger charge is -2.27. The normalized spacial score (nSPS) is 12.9. The molecule has 0 saturated carbocycles. The van der Waals surface area contributed by atoms with E-state index < -0.39 is 6.23 Å². The zero-order chi connectivity index (χ0) is 12.4. The standard InChI is InChI=1S/C11H16N4O2/c1-8(17)14(5-6-16)11-4-2-3-10-9(12)7-13-15(10)11/h2-4,7-8,16-17H,5-6,12H2,1H3. The lowest BCUT2D eigenvalue weighted by Crippen LogP contribution is -2.36. The molecule has 2 rings (SSSR count). The molecule has 0 saturated heterocycles. The predicted molar refractivity (Wildman–Crippen MR) is 65.7 cm³/mol. The summed E-state index contributed by atoms with van der Waals surface area (Å²) < 4.78 is 1.65. The number of aromatic nitrogens is 2. The Hall–Kier alpha value is -1.79. The lowest BCUT2D eigenvalue weighted by atomic mass is 10.3. The lowest BCUT2D eigenvalue weighted by molar-refractivity contribution is 0.176. The van der Waals surface area contributed by atoms with Gasteiger partial charge >= 0.3 is 0 Å². The average molecular weight is 236 g/mol. The molecular formula is C11H16N4O2.